The van der Waals surface area contributed by atoms with Gasteiger partial charge < -0.3 is 4.84 Å². The first-order valence-electron chi connectivity index (χ1n) is 5.09. The molecule has 1 aliphatic rings. The second kappa shape index (κ2) is 6.06. The van der Waals surface area contributed by atoms with Gasteiger partial charge in [-0.05, 0) is 26.9 Å². The Morgan fingerprint density at radius 2 is 2.19 bits per heavy atom. The van der Waals surface area contributed by atoms with Crippen molar-refractivity contribution in [3.05, 3.63) is 0 Å². The molecule has 0 saturated carbocycles. The predicted molar refractivity (Wildman–Crippen MR) is 58.0 cm³/mol. The zero-order valence-corrected chi connectivity index (χ0v) is 9.55. The van der Waals surface area contributed by atoms with Gasteiger partial charge >= 0.3 is 0 Å². The van der Waals surface area contributed by atoms with E-state index in [-0.39, 0.29) is 5.71 Å². The summed E-state index contributed by atoms with van der Waals surface area (Å²) < 4.78 is 0. The molecule has 86 valence electrons. The number of nitrogens with zero attached hydrogens (tertiary/aromatic N) is 5. The number of hydrogen-bond donors (Lipinski definition) is 0. The first-order valence-corrected chi connectivity index (χ1v) is 5.09. The Kier molecular flexibility index (Phi) is 4.71. The highest BCUT2D eigenvalue weighted by molar-refractivity contribution is 6.09. The molecule has 0 radical (unpaired) electrons. The van der Waals surface area contributed by atoms with Crippen LogP contribution < -0.4 is 0 Å². The summed E-state index contributed by atoms with van der Waals surface area (Å²) in [6.45, 7) is 1.27. The maximum absolute atomic E-state index is 8.45. The van der Waals surface area contributed by atoms with Crippen LogP contribution in [-0.2, 0) is 4.84 Å². The lowest BCUT2D eigenvalue weighted by molar-refractivity contribution is -0.00886. The third-order valence-corrected chi connectivity index (χ3v) is 2.52. The van der Waals surface area contributed by atoms with Gasteiger partial charge in [0, 0.05) is 6.54 Å². The summed E-state index contributed by atoms with van der Waals surface area (Å²) in [4.78, 5) is 9.23. The van der Waals surface area contributed by atoms with E-state index in [0.717, 1.165) is 19.4 Å². The Morgan fingerprint density at radius 3 is 2.75 bits per heavy atom. The van der Waals surface area contributed by atoms with Crippen molar-refractivity contribution in [2.45, 2.75) is 19.0 Å². The maximum atomic E-state index is 8.45. The molecule has 0 spiro atoms. The smallest absolute Gasteiger partial charge is 0.256 e. The molecule has 0 aromatic heterocycles. The zero-order chi connectivity index (χ0) is 12.0. The lowest BCUT2D eigenvalue weighted by Crippen LogP contribution is -2.41. The van der Waals surface area contributed by atoms with Crippen molar-refractivity contribution in [3.63, 3.8) is 0 Å². The summed E-state index contributed by atoms with van der Waals surface area (Å²) in [7, 11) is 4.03. The summed E-state index contributed by atoms with van der Waals surface area (Å²) >= 11 is 0. The SMILES string of the molecule is CN(C)C1CCCN1CON=C(C#N)C#N. The topological polar surface area (TPSA) is 75.7 Å². The number of hydrogen-bond acceptors (Lipinski definition) is 6. The lowest BCUT2D eigenvalue weighted by Gasteiger charge is -2.28. The van der Waals surface area contributed by atoms with Crippen LogP contribution in [0.25, 0.3) is 0 Å². The summed E-state index contributed by atoms with van der Waals surface area (Å²) in [5.74, 6) is 0. The number of rotatable bonds is 4. The molecule has 1 heterocycles. The monoisotopic (exact) mass is 221 g/mol. The van der Waals surface area contributed by atoms with Gasteiger partial charge in [-0.25, -0.2) is 0 Å². The van der Waals surface area contributed by atoms with Gasteiger partial charge in [-0.1, -0.05) is 5.16 Å². The third kappa shape index (κ3) is 3.20. The molecule has 1 aliphatic heterocycles. The molecule has 0 aliphatic carbocycles. The Hall–Kier alpha value is -1.63. The summed E-state index contributed by atoms with van der Waals surface area (Å²) in [6, 6.07) is 3.29. The minimum atomic E-state index is -0.249. The molecule has 0 bridgehead atoms. The van der Waals surface area contributed by atoms with Gasteiger partial charge in [-0.3, -0.25) is 9.80 Å². The first kappa shape index (κ1) is 12.4. The molecular formula is C10H15N5O. The van der Waals surface area contributed by atoms with E-state index < -0.39 is 0 Å². The number of nitriles is 2. The Labute approximate surface area is 95.3 Å². The first-order chi connectivity index (χ1) is 7.69. The molecule has 1 saturated heterocycles. The zero-order valence-electron chi connectivity index (χ0n) is 9.55. The molecule has 1 rings (SSSR count). The van der Waals surface area contributed by atoms with Crippen LogP contribution in [0, 0.1) is 22.7 Å². The summed E-state index contributed by atoms with van der Waals surface area (Å²) in [5, 5.41) is 20.4. The molecule has 6 heteroatoms. The van der Waals surface area contributed by atoms with Crippen LogP contribution in [0.4, 0.5) is 0 Å². The Balaban J connectivity index is 2.42. The van der Waals surface area contributed by atoms with E-state index in [9.17, 15) is 0 Å². The van der Waals surface area contributed by atoms with Crippen LogP contribution in [0.1, 0.15) is 12.8 Å². The highest BCUT2D eigenvalue weighted by Gasteiger charge is 2.26. The Bertz CT molecular complexity index is 322. The fraction of sp³-hybridized carbons (Fsp3) is 0.700. The van der Waals surface area contributed by atoms with E-state index in [1.807, 2.05) is 14.1 Å². The van der Waals surface area contributed by atoms with Gasteiger partial charge in [0.15, 0.2) is 6.73 Å². The van der Waals surface area contributed by atoms with E-state index in [2.05, 4.69) is 15.0 Å². The largest absolute Gasteiger partial charge is 0.378 e. The standard InChI is InChI=1S/C10H15N5O/c1-14(2)10-4-3-5-15(10)8-16-13-9(6-11)7-12/h10H,3-5,8H2,1-2H3. The predicted octanol–water partition coefficient (Wildman–Crippen LogP) is 0.347. The molecule has 0 aromatic carbocycles. The van der Waals surface area contributed by atoms with E-state index in [0.29, 0.717) is 12.9 Å². The Morgan fingerprint density at radius 1 is 1.50 bits per heavy atom. The van der Waals surface area contributed by atoms with Crippen LogP contribution in [0.15, 0.2) is 5.16 Å². The van der Waals surface area contributed by atoms with Crippen molar-refractivity contribution in [1.82, 2.24) is 9.80 Å². The van der Waals surface area contributed by atoms with Crippen LogP contribution in [0.5, 0.6) is 0 Å². The number of oxime groups is 1. The van der Waals surface area contributed by atoms with Crippen LogP contribution in [-0.4, -0.2) is 49.0 Å². The fourth-order valence-corrected chi connectivity index (χ4v) is 1.78. The third-order valence-electron chi connectivity index (χ3n) is 2.52. The minimum Gasteiger partial charge on any atom is -0.378 e. The van der Waals surface area contributed by atoms with Gasteiger partial charge in [-0.15, -0.1) is 0 Å². The maximum Gasteiger partial charge on any atom is 0.256 e. The molecule has 0 aromatic rings. The molecule has 0 N–H and O–H groups in total. The van der Waals surface area contributed by atoms with Crippen molar-refractivity contribution >= 4 is 5.71 Å². The minimum absolute atomic E-state index is 0.249. The van der Waals surface area contributed by atoms with Gasteiger partial charge in [0.25, 0.3) is 5.71 Å². The lowest BCUT2D eigenvalue weighted by atomic mass is 10.3. The van der Waals surface area contributed by atoms with E-state index >= 15 is 0 Å². The van der Waals surface area contributed by atoms with Gasteiger partial charge in [0.1, 0.15) is 12.1 Å². The molecule has 1 unspecified atom stereocenters. The van der Waals surface area contributed by atoms with Crippen molar-refractivity contribution in [2.75, 3.05) is 27.4 Å². The molecular weight excluding hydrogens is 206 g/mol. The summed E-state index contributed by atoms with van der Waals surface area (Å²) in [6.07, 6.45) is 2.57. The van der Waals surface area contributed by atoms with Gasteiger partial charge in [0.2, 0.25) is 0 Å². The van der Waals surface area contributed by atoms with Crippen LogP contribution in [0.2, 0.25) is 0 Å². The van der Waals surface area contributed by atoms with E-state index in [1.165, 1.54) is 0 Å². The van der Waals surface area contributed by atoms with Gasteiger partial charge in [0.05, 0.1) is 6.17 Å². The van der Waals surface area contributed by atoms with E-state index in [4.69, 9.17) is 15.4 Å². The van der Waals surface area contributed by atoms with Crippen LogP contribution >= 0.6 is 0 Å². The highest BCUT2D eigenvalue weighted by Crippen LogP contribution is 2.18. The molecule has 1 atom stereocenters. The molecule has 6 nitrogen and oxygen atoms in total. The summed E-state index contributed by atoms with van der Waals surface area (Å²) in [5.41, 5.74) is -0.249. The molecule has 0 amide bonds. The fourth-order valence-electron chi connectivity index (χ4n) is 1.78. The second-order valence-corrected chi connectivity index (χ2v) is 3.82. The van der Waals surface area contributed by atoms with E-state index in [1.54, 1.807) is 12.1 Å². The number of likely N-dealkylation sites (tertiary alicyclic amines) is 1. The average Bonchev–Trinajstić information content (AvgIpc) is 2.72. The van der Waals surface area contributed by atoms with Crippen LogP contribution in [0.3, 0.4) is 0 Å². The normalized spacial score (nSPS) is 20.2. The van der Waals surface area contributed by atoms with Crippen molar-refractivity contribution in [3.8, 4) is 12.1 Å². The molecule has 16 heavy (non-hydrogen) atoms. The van der Waals surface area contributed by atoms with Crippen molar-refractivity contribution < 1.29 is 4.84 Å². The van der Waals surface area contributed by atoms with Gasteiger partial charge in [-0.2, -0.15) is 10.5 Å². The molecule has 1 fully saturated rings. The highest BCUT2D eigenvalue weighted by atomic mass is 16.6. The van der Waals surface area contributed by atoms with Crippen molar-refractivity contribution in [1.29, 1.82) is 10.5 Å². The quantitative estimate of drug-likeness (QED) is 0.505. The average molecular weight is 221 g/mol. The second-order valence-electron chi connectivity index (χ2n) is 3.82. The van der Waals surface area contributed by atoms with Crippen molar-refractivity contribution in [2.24, 2.45) is 5.16 Å².